The molecule has 2 atom stereocenters. The first-order valence-corrected chi connectivity index (χ1v) is 9.68. The molecule has 1 aromatic rings. The first-order chi connectivity index (χ1) is 12.2. The molecular formula is C18H31N5O2. The monoisotopic (exact) mass is 349 g/mol. The number of likely N-dealkylation sites (tertiary alicyclic amines) is 1. The molecular weight excluding hydrogens is 318 g/mol. The van der Waals surface area contributed by atoms with E-state index in [4.69, 9.17) is 4.74 Å². The average Bonchev–Trinajstić information content (AvgIpc) is 3.23. The van der Waals surface area contributed by atoms with Crippen molar-refractivity contribution in [3.05, 3.63) is 12.2 Å². The van der Waals surface area contributed by atoms with Crippen molar-refractivity contribution < 1.29 is 9.53 Å². The number of hydrogen-bond donors (Lipinski definition) is 1. The van der Waals surface area contributed by atoms with Crippen LogP contribution < -0.4 is 5.32 Å². The molecule has 0 aliphatic carbocycles. The Morgan fingerprint density at radius 3 is 2.84 bits per heavy atom. The molecule has 2 fully saturated rings. The highest BCUT2D eigenvalue weighted by molar-refractivity contribution is 5.79. The molecule has 3 rings (SSSR count). The smallest absolute Gasteiger partial charge is 0.223 e. The van der Waals surface area contributed by atoms with Gasteiger partial charge in [-0.25, -0.2) is 9.67 Å². The summed E-state index contributed by atoms with van der Waals surface area (Å²) in [6, 6.07) is 0.244. The summed E-state index contributed by atoms with van der Waals surface area (Å²) in [5.41, 5.74) is 0. The lowest BCUT2D eigenvalue weighted by Crippen LogP contribution is -2.44. The second kappa shape index (κ2) is 8.76. The molecule has 25 heavy (non-hydrogen) atoms. The third-order valence-electron chi connectivity index (χ3n) is 5.46. The van der Waals surface area contributed by atoms with Gasteiger partial charge in [0.1, 0.15) is 12.2 Å². The molecule has 7 nitrogen and oxygen atoms in total. The highest BCUT2D eigenvalue weighted by Gasteiger charge is 2.35. The molecule has 1 amide bonds. The minimum Gasteiger partial charge on any atom is -0.381 e. The van der Waals surface area contributed by atoms with Crippen molar-refractivity contribution in [2.75, 3.05) is 26.3 Å². The Balaban J connectivity index is 1.58. The number of nitrogens with zero attached hydrogens (tertiary/aromatic N) is 4. The summed E-state index contributed by atoms with van der Waals surface area (Å²) in [4.78, 5) is 19.4. The van der Waals surface area contributed by atoms with Gasteiger partial charge in [-0.05, 0) is 32.1 Å². The Morgan fingerprint density at radius 2 is 2.12 bits per heavy atom. The van der Waals surface area contributed by atoms with Crippen LogP contribution in [0.1, 0.15) is 45.4 Å². The van der Waals surface area contributed by atoms with Crippen LogP contribution in [0.2, 0.25) is 0 Å². The van der Waals surface area contributed by atoms with Gasteiger partial charge in [-0.3, -0.25) is 9.69 Å². The van der Waals surface area contributed by atoms with Gasteiger partial charge in [0.2, 0.25) is 5.91 Å². The number of amides is 1. The van der Waals surface area contributed by atoms with Crippen LogP contribution in [0.3, 0.4) is 0 Å². The Hall–Kier alpha value is -1.47. The van der Waals surface area contributed by atoms with Gasteiger partial charge >= 0.3 is 0 Å². The van der Waals surface area contributed by atoms with Crippen molar-refractivity contribution in [2.45, 2.75) is 58.7 Å². The molecule has 2 saturated heterocycles. The van der Waals surface area contributed by atoms with Crippen LogP contribution in [0.5, 0.6) is 0 Å². The summed E-state index contributed by atoms with van der Waals surface area (Å²) in [5, 5.41) is 7.60. The van der Waals surface area contributed by atoms with Crippen LogP contribution in [0.4, 0.5) is 0 Å². The minimum atomic E-state index is 0.119. The largest absolute Gasteiger partial charge is 0.381 e. The zero-order chi connectivity index (χ0) is 17.6. The highest BCUT2D eigenvalue weighted by Crippen LogP contribution is 2.24. The van der Waals surface area contributed by atoms with Gasteiger partial charge in [-0.2, -0.15) is 5.10 Å². The summed E-state index contributed by atoms with van der Waals surface area (Å²) in [6.45, 7) is 9.27. The molecule has 0 saturated carbocycles. The molecule has 1 aromatic heterocycles. The van der Waals surface area contributed by atoms with Crippen LogP contribution in [-0.4, -0.2) is 57.9 Å². The molecule has 7 heteroatoms. The number of rotatable bonds is 7. The Bertz CT molecular complexity index is 555. The van der Waals surface area contributed by atoms with E-state index < -0.39 is 0 Å². The predicted octanol–water partition coefficient (Wildman–Crippen LogP) is 1.44. The van der Waals surface area contributed by atoms with E-state index in [1.807, 2.05) is 4.68 Å². The highest BCUT2D eigenvalue weighted by atomic mass is 16.5. The SMILES string of the molecule is CCC[C@@H]1CN(Cc2ncnn2CC)C[C@H]1NC(=O)C1CCOCC1. The molecule has 140 valence electrons. The van der Waals surface area contributed by atoms with E-state index in [0.29, 0.717) is 19.1 Å². The van der Waals surface area contributed by atoms with E-state index >= 15 is 0 Å². The first-order valence-electron chi connectivity index (χ1n) is 9.68. The number of carbonyl (C=O) groups excluding carboxylic acids is 1. The summed E-state index contributed by atoms with van der Waals surface area (Å²) in [6.07, 6.45) is 5.62. The molecule has 0 spiro atoms. The maximum atomic E-state index is 12.6. The van der Waals surface area contributed by atoms with Gasteiger partial charge in [-0.15, -0.1) is 0 Å². The van der Waals surface area contributed by atoms with E-state index in [0.717, 1.165) is 57.7 Å². The number of hydrogen-bond acceptors (Lipinski definition) is 5. The van der Waals surface area contributed by atoms with Gasteiger partial charge in [-0.1, -0.05) is 13.3 Å². The molecule has 2 aliphatic rings. The molecule has 0 unspecified atom stereocenters. The summed E-state index contributed by atoms with van der Waals surface area (Å²) in [7, 11) is 0. The fourth-order valence-electron chi connectivity index (χ4n) is 4.05. The van der Waals surface area contributed by atoms with Crippen molar-refractivity contribution in [3.8, 4) is 0 Å². The van der Waals surface area contributed by atoms with Crippen LogP contribution in [0, 0.1) is 11.8 Å². The number of aryl methyl sites for hydroxylation is 1. The molecule has 1 N–H and O–H groups in total. The average molecular weight is 349 g/mol. The normalized spacial score (nSPS) is 25.4. The van der Waals surface area contributed by atoms with Crippen LogP contribution in [-0.2, 0) is 22.6 Å². The fraction of sp³-hybridized carbons (Fsp3) is 0.833. The Labute approximate surface area is 150 Å². The number of ether oxygens (including phenoxy) is 1. The summed E-state index contributed by atoms with van der Waals surface area (Å²) in [5.74, 6) is 1.86. The quantitative estimate of drug-likeness (QED) is 0.806. The lowest BCUT2D eigenvalue weighted by Gasteiger charge is -2.25. The van der Waals surface area contributed by atoms with Crippen LogP contribution >= 0.6 is 0 Å². The maximum absolute atomic E-state index is 12.6. The topological polar surface area (TPSA) is 72.3 Å². The summed E-state index contributed by atoms with van der Waals surface area (Å²) >= 11 is 0. The van der Waals surface area contributed by atoms with E-state index in [9.17, 15) is 4.79 Å². The zero-order valence-corrected chi connectivity index (χ0v) is 15.5. The van der Waals surface area contributed by atoms with Crippen molar-refractivity contribution >= 4 is 5.91 Å². The van der Waals surface area contributed by atoms with Gasteiger partial charge in [0.25, 0.3) is 0 Å². The van der Waals surface area contributed by atoms with E-state index in [-0.39, 0.29) is 17.9 Å². The van der Waals surface area contributed by atoms with Gasteiger partial charge < -0.3 is 10.1 Å². The van der Waals surface area contributed by atoms with Gasteiger partial charge in [0.15, 0.2) is 0 Å². The van der Waals surface area contributed by atoms with Gasteiger partial charge in [0, 0.05) is 44.8 Å². The minimum absolute atomic E-state index is 0.119. The number of nitrogens with one attached hydrogen (secondary N) is 1. The first kappa shape index (κ1) is 18.3. The van der Waals surface area contributed by atoms with Crippen LogP contribution in [0.25, 0.3) is 0 Å². The third kappa shape index (κ3) is 4.58. The van der Waals surface area contributed by atoms with Crippen molar-refractivity contribution in [1.29, 1.82) is 0 Å². The molecule has 2 aliphatic heterocycles. The second-order valence-corrected chi connectivity index (χ2v) is 7.24. The van der Waals surface area contributed by atoms with E-state index in [1.54, 1.807) is 6.33 Å². The van der Waals surface area contributed by atoms with E-state index in [1.165, 1.54) is 0 Å². The lowest BCUT2D eigenvalue weighted by atomic mass is 9.95. The molecule has 0 radical (unpaired) electrons. The number of carbonyl (C=O) groups is 1. The third-order valence-corrected chi connectivity index (χ3v) is 5.46. The summed E-state index contributed by atoms with van der Waals surface area (Å²) < 4.78 is 7.32. The number of aromatic nitrogens is 3. The van der Waals surface area contributed by atoms with E-state index in [2.05, 4.69) is 34.1 Å². The zero-order valence-electron chi connectivity index (χ0n) is 15.5. The Kier molecular flexibility index (Phi) is 6.42. The standard InChI is InChI=1S/C18H31N5O2/c1-3-5-15-10-22(12-17-19-13-20-23(17)4-2)11-16(15)21-18(24)14-6-8-25-9-7-14/h13-16H,3-12H2,1-2H3,(H,21,24)/t15-,16-/m1/s1. The fourth-order valence-corrected chi connectivity index (χ4v) is 4.05. The van der Waals surface area contributed by atoms with Gasteiger partial charge in [0.05, 0.1) is 6.54 Å². The van der Waals surface area contributed by atoms with Crippen molar-refractivity contribution in [2.24, 2.45) is 11.8 Å². The maximum Gasteiger partial charge on any atom is 0.223 e. The second-order valence-electron chi connectivity index (χ2n) is 7.24. The van der Waals surface area contributed by atoms with Crippen molar-refractivity contribution in [1.82, 2.24) is 25.0 Å². The lowest BCUT2D eigenvalue weighted by molar-refractivity contribution is -0.128. The van der Waals surface area contributed by atoms with Crippen molar-refractivity contribution in [3.63, 3.8) is 0 Å². The Morgan fingerprint density at radius 1 is 1.32 bits per heavy atom. The molecule has 0 bridgehead atoms. The molecule has 3 heterocycles. The van der Waals surface area contributed by atoms with Crippen LogP contribution in [0.15, 0.2) is 6.33 Å². The molecule has 0 aromatic carbocycles. The predicted molar refractivity (Wildman–Crippen MR) is 94.8 cm³/mol.